The average Bonchev–Trinajstić information content (AvgIpc) is 2.94. The summed E-state index contributed by atoms with van der Waals surface area (Å²) in [7, 11) is 0. The van der Waals surface area contributed by atoms with Gasteiger partial charge < -0.3 is 10.0 Å². The van der Waals surface area contributed by atoms with Crippen molar-refractivity contribution in [3.8, 4) is 0 Å². The van der Waals surface area contributed by atoms with Crippen LogP contribution in [0.25, 0.3) is 6.08 Å². The van der Waals surface area contributed by atoms with Crippen LogP contribution in [0.1, 0.15) is 24.5 Å². The van der Waals surface area contributed by atoms with E-state index in [0.717, 1.165) is 18.6 Å². The van der Waals surface area contributed by atoms with Crippen LogP contribution in [-0.4, -0.2) is 35.1 Å². The smallest absolute Gasteiger partial charge is 0.393 e. The second-order valence-electron chi connectivity index (χ2n) is 5.53. The Balaban J connectivity index is 2.02. The van der Waals surface area contributed by atoms with Gasteiger partial charge in [0, 0.05) is 25.1 Å². The summed E-state index contributed by atoms with van der Waals surface area (Å²) in [6.07, 6.45) is -1.47. The predicted octanol–water partition coefficient (Wildman–Crippen LogP) is 2.95. The molecule has 0 aliphatic carbocycles. The molecule has 0 radical (unpaired) electrons. The molecule has 1 saturated heterocycles. The van der Waals surface area contributed by atoms with E-state index in [4.69, 9.17) is 0 Å². The van der Waals surface area contributed by atoms with Crippen molar-refractivity contribution >= 4 is 12.0 Å². The van der Waals surface area contributed by atoms with Gasteiger partial charge in [-0.05, 0) is 37.1 Å². The number of aliphatic hydroxyl groups excluding tert-OH is 1. The van der Waals surface area contributed by atoms with Gasteiger partial charge in [-0.1, -0.05) is 12.1 Å². The maximum atomic E-state index is 12.6. The van der Waals surface area contributed by atoms with Gasteiger partial charge in [0.05, 0.1) is 11.7 Å². The lowest BCUT2D eigenvalue weighted by atomic mass is 10.0. The number of carbonyl (C=O) groups is 1. The van der Waals surface area contributed by atoms with Crippen molar-refractivity contribution in [1.29, 1.82) is 0 Å². The number of halogens is 3. The van der Waals surface area contributed by atoms with E-state index in [1.54, 1.807) is 11.8 Å². The van der Waals surface area contributed by atoms with E-state index in [1.807, 2.05) is 0 Å². The first-order valence-corrected chi connectivity index (χ1v) is 7.09. The highest BCUT2D eigenvalue weighted by molar-refractivity contribution is 5.92. The Kier molecular flexibility index (Phi) is 4.90. The van der Waals surface area contributed by atoms with E-state index in [2.05, 4.69) is 0 Å². The number of likely N-dealkylation sites (tertiary alicyclic amines) is 1. The third kappa shape index (κ3) is 4.10. The van der Waals surface area contributed by atoms with Crippen LogP contribution >= 0.6 is 0 Å². The standard InChI is InChI=1S/C16H18F3NO2/c1-11(21)13-7-8-20(10-13)15(22)6-5-12-3-2-4-14(9-12)16(17,18)19/h2-6,9,11,13,21H,7-8,10H2,1H3/b6-5+. The Morgan fingerprint density at radius 1 is 1.45 bits per heavy atom. The number of nitrogens with zero attached hydrogens (tertiary/aromatic N) is 1. The van der Waals surface area contributed by atoms with Gasteiger partial charge in [-0.2, -0.15) is 13.2 Å². The van der Waals surface area contributed by atoms with E-state index in [9.17, 15) is 23.1 Å². The summed E-state index contributed by atoms with van der Waals surface area (Å²) in [6, 6.07) is 4.83. The molecule has 1 aromatic rings. The van der Waals surface area contributed by atoms with Crippen LogP contribution in [0.4, 0.5) is 13.2 Å². The van der Waals surface area contributed by atoms with Crippen molar-refractivity contribution in [3.63, 3.8) is 0 Å². The fourth-order valence-corrected chi connectivity index (χ4v) is 2.47. The molecule has 0 bridgehead atoms. The number of rotatable bonds is 3. The lowest BCUT2D eigenvalue weighted by Crippen LogP contribution is -2.28. The molecule has 3 nitrogen and oxygen atoms in total. The topological polar surface area (TPSA) is 40.5 Å². The average molecular weight is 313 g/mol. The second kappa shape index (κ2) is 6.52. The number of carbonyl (C=O) groups excluding carboxylic acids is 1. The molecule has 1 aliphatic heterocycles. The third-order valence-corrected chi connectivity index (χ3v) is 3.85. The largest absolute Gasteiger partial charge is 0.416 e. The molecule has 2 rings (SSSR count). The molecular formula is C16H18F3NO2. The molecule has 120 valence electrons. The number of amides is 1. The predicted molar refractivity (Wildman–Crippen MR) is 76.8 cm³/mol. The number of benzene rings is 1. The van der Waals surface area contributed by atoms with Crippen LogP contribution in [0.2, 0.25) is 0 Å². The van der Waals surface area contributed by atoms with Crippen molar-refractivity contribution in [2.24, 2.45) is 5.92 Å². The van der Waals surface area contributed by atoms with Crippen molar-refractivity contribution in [1.82, 2.24) is 4.90 Å². The van der Waals surface area contributed by atoms with Crippen molar-refractivity contribution < 1.29 is 23.1 Å². The summed E-state index contributed by atoms with van der Waals surface area (Å²) in [5.41, 5.74) is -0.410. The van der Waals surface area contributed by atoms with E-state index in [0.29, 0.717) is 18.7 Å². The first-order chi connectivity index (χ1) is 10.3. The van der Waals surface area contributed by atoms with E-state index < -0.39 is 17.8 Å². The zero-order valence-electron chi connectivity index (χ0n) is 12.2. The summed E-state index contributed by atoms with van der Waals surface area (Å²) in [4.78, 5) is 13.6. The molecule has 0 aromatic heterocycles. The van der Waals surface area contributed by atoms with Crippen LogP contribution in [0.15, 0.2) is 30.3 Å². The van der Waals surface area contributed by atoms with Gasteiger partial charge in [-0.15, -0.1) is 0 Å². The molecule has 1 amide bonds. The monoisotopic (exact) mass is 313 g/mol. The highest BCUT2D eigenvalue weighted by Gasteiger charge is 2.30. The number of aliphatic hydroxyl groups is 1. The summed E-state index contributed by atoms with van der Waals surface area (Å²) in [6.45, 7) is 2.72. The quantitative estimate of drug-likeness (QED) is 0.872. The maximum absolute atomic E-state index is 12.6. The maximum Gasteiger partial charge on any atom is 0.416 e. The van der Waals surface area contributed by atoms with Crippen LogP contribution in [0.5, 0.6) is 0 Å². The van der Waals surface area contributed by atoms with Gasteiger partial charge in [0.1, 0.15) is 0 Å². The van der Waals surface area contributed by atoms with E-state index >= 15 is 0 Å². The highest BCUT2D eigenvalue weighted by atomic mass is 19.4. The molecular weight excluding hydrogens is 295 g/mol. The minimum atomic E-state index is -4.40. The second-order valence-corrected chi connectivity index (χ2v) is 5.53. The van der Waals surface area contributed by atoms with Crippen molar-refractivity contribution in [3.05, 3.63) is 41.5 Å². The van der Waals surface area contributed by atoms with Gasteiger partial charge >= 0.3 is 6.18 Å². The van der Waals surface area contributed by atoms with Crippen LogP contribution in [-0.2, 0) is 11.0 Å². The lowest BCUT2D eigenvalue weighted by molar-refractivity contribution is -0.137. The molecule has 0 saturated carbocycles. The molecule has 1 heterocycles. The number of hydrogen-bond donors (Lipinski definition) is 1. The fourth-order valence-electron chi connectivity index (χ4n) is 2.47. The molecule has 1 fully saturated rings. The van der Waals surface area contributed by atoms with Gasteiger partial charge in [0.25, 0.3) is 0 Å². The van der Waals surface area contributed by atoms with Gasteiger partial charge in [-0.3, -0.25) is 4.79 Å². The molecule has 1 aromatic carbocycles. The minimum Gasteiger partial charge on any atom is -0.393 e. The zero-order chi connectivity index (χ0) is 16.3. The Hall–Kier alpha value is -1.82. The summed E-state index contributed by atoms with van der Waals surface area (Å²) >= 11 is 0. The third-order valence-electron chi connectivity index (χ3n) is 3.85. The van der Waals surface area contributed by atoms with Crippen molar-refractivity contribution in [2.45, 2.75) is 25.6 Å². The van der Waals surface area contributed by atoms with Gasteiger partial charge in [0.2, 0.25) is 5.91 Å². The molecule has 1 aliphatic rings. The zero-order valence-corrected chi connectivity index (χ0v) is 12.2. The number of hydrogen-bond acceptors (Lipinski definition) is 2. The van der Waals surface area contributed by atoms with E-state index in [1.165, 1.54) is 24.3 Å². The Morgan fingerprint density at radius 2 is 2.18 bits per heavy atom. The molecule has 22 heavy (non-hydrogen) atoms. The van der Waals surface area contributed by atoms with Crippen LogP contribution < -0.4 is 0 Å². The summed E-state index contributed by atoms with van der Waals surface area (Å²) in [5.74, 6) is -0.188. The molecule has 2 unspecified atom stereocenters. The molecule has 6 heteroatoms. The Labute approximate surface area is 127 Å². The SMILES string of the molecule is CC(O)C1CCN(C(=O)/C=C/c2cccc(C(F)(F)F)c2)C1. The fraction of sp³-hybridized carbons (Fsp3) is 0.438. The van der Waals surface area contributed by atoms with Crippen LogP contribution in [0.3, 0.4) is 0 Å². The summed E-state index contributed by atoms with van der Waals surface area (Å²) < 4.78 is 37.8. The van der Waals surface area contributed by atoms with Gasteiger partial charge in [0.15, 0.2) is 0 Å². The van der Waals surface area contributed by atoms with E-state index in [-0.39, 0.29) is 11.8 Å². The Morgan fingerprint density at radius 3 is 2.77 bits per heavy atom. The van der Waals surface area contributed by atoms with Crippen molar-refractivity contribution in [2.75, 3.05) is 13.1 Å². The molecule has 0 spiro atoms. The molecule has 1 N–H and O–H groups in total. The Bertz CT molecular complexity index is 567. The highest BCUT2D eigenvalue weighted by Crippen LogP contribution is 2.29. The minimum absolute atomic E-state index is 0.0610. The van der Waals surface area contributed by atoms with Gasteiger partial charge in [-0.25, -0.2) is 0 Å². The summed E-state index contributed by atoms with van der Waals surface area (Å²) in [5, 5.41) is 9.50. The van der Waals surface area contributed by atoms with Crippen LogP contribution in [0, 0.1) is 5.92 Å². The number of alkyl halides is 3. The lowest BCUT2D eigenvalue weighted by Gasteiger charge is -2.15. The first-order valence-electron chi connectivity index (χ1n) is 7.09. The normalized spacial score (nSPS) is 20.6. The first kappa shape index (κ1) is 16.5. The molecule has 2 atom stereocenters.